The van der Waals surface area contributed by atoms with E-state index in [4.69, 9.17) is 10.5 Å². The number of hydrogen-bond acceptors (Lipinski definition) is 6. The highest BCUT2D eigenvalue weighted by Crippen LogP contribution is 2.18. The van der Waals surface area contributed by atoms with Crippen LogP contribution in [0.2, 0.25) is 0 Å². The summed E-state index contributed by atoms with van der Waals surface area (Å²) in [4.78, 5) is 11.3. The molecule has 0 atom stereocenters. The van der Waals surface area contributed by atoms with E-state index in [0.29, 0.717) is 29.0 Å². The van der Waals surface area contributed by atoms with Crippen LogP contribution in [0.3, 0.4) is 0 Å². The fourth-order valence-electron chi connectivity index (χ4n) is 0.896. The van der Waals surface area contributed by atoms with Crippen molar-refractivity contribution in [3.63, 3.8) is 0 Å². The second-order valence-electron chi connectivity index (χ2n) is 3.01. The zero-order chi connectivity index (χ0) is 12.1. The van der Waals surface area contributed by atoms with Gasteiger partial charge in [0.2, 0.25) is 5.95 Å². The van der Waals surface area contributed by atoms with Crippen molar-refractivity contribution in [1.29, 1.82) is 0 Å². The minimum Gasteiger partial charge on any atom is -0.463 e. The van der Waals surface area contributed by atoms with Gasteiger partial charge in [0.25, 0.3) is 0 Å². The Kier molecular flexibility index (Phi) is 4.36. The molecular weight excluding hydrogens is 228 g/mol. The molecule has 0 unspecified atom stereocenters. The third-order valence-electron chi connectivity index (χ3n) is 1.81. The molecule has 0 amide bonds. The molecule has 0 aliphatic rings. The summed E-state index contributed by atoms with van der Waals surface area (Å²) >= 11 is 1.34. The van der Waals surface area contributed by atoms with Crippen LogP contribution in [-0.2, 0) is 16.6 Å². The van der Waals surface area contributed by atoms with Crippen LogP contribution in [-0.4, -0.2) is 33.1 Å². The first-order valence-corrected chi connectivity index (χ1v) is 5.67. The van der Waals surface area contributed by atoms with Crippen LogP contribution in [0.25, 0.3) is 0 Å². The maximum absolute atomic E-state index is 11.3. The normalized spacial score (nSPS) is 10.1. The van der Waals surface area contributed by atoms with Crippen molar-refractivity contribution in [1.82, 2.24) is 14.8 Å². The van der Waals surface area contributed by atoms with E-state index in [2.05, 4.69) is 16.8 Å². The minimum absolute atomic E-state index is 0.337. The second kappa shape index (κ2) is 5.55. The maximum Gasteiger partial charge on any atom is 0.334 e. The Bertz CT molecular complexity index is 402. The molecule has 0 aliphatic heterocycles. The average molecular weight is 242 g/mol. The first-order chi connectivity index (χ1) is 7.56. The average Bonchev–Trinajstić information content (AvgIpc) is 2.57. The molecule has 1 aromatic rings. The largest absolute Gasteiger partial charge is 0.463 e. The Hall–Kier alpha value is -1.50. The van der Waals surface area contributed by atoms with Crippen LogP contribution >= 0.6 is 11.8 Å². The summed E-state index contributed by atoms with van der Waals surface area (Å²) in [5.74, 6) is 0.361. The lowest BCUT2D eigenvalue weighted by Crippen LogP contribution is -2.08. The van der Waals surface area contributed by atoms with Crippen molar-refractivity contribution in [3.05, 3.63) is 12.2 Å². The molecule has 1 rings (SSSR count). The number of anilines is 1. The number of hydrogen-bond donors (Lipinski definition) is 1. The maximum atomic E-state index is 11.3. The fourth-order valence-corrected chi connectivity index (χ4v) is 1.70. The Labute approximate surface area is 97.9 Å². The van der Waals surface area contributed by atoms with E-state index in [-0.39, 0.29) is 5.97 Å². The van der Waals surface area contributed by atoms with Crippen LogP contribution in [0.5, 0.6) is 0 Å². The van der Waals surface area contributed by atoms with Crippen LogP contribution in [0, 0.1) is 0 Å². The van der Waals surface area contributed by atoms with E-state index in [1.54, 1.807) is 18.5 Å². The number of nitrogens with two attached hydrogens (primary N) is 1. The molecule has 0 saturated carbocycles. The zero-order valence-electron chi connectivity index (χ0n) is 9.27. The highest BCUT2D eigenvalue weighted by molar-refractivity contribution is 7.99. The van der Waals surface area contributed by atoms with Crippen molar-refractivity contribution in [2.45, 2.75) is 12.1 Å². The smallest absolute Gasteiger partial charge is 0.334 e. The Morgan fingerprint density at radius 1 is 1.62 bits per heavy atom. The number of ether oxygens (including phenoxy) is 1. The standard InChI is InChI=1S/C9H14N4O2S/c1-4-15-7(14)6(2)5-16-9-12-11-8(10)13(9)3/h2,4-5H2,1,3H3,(H2,10,11). The molecule has 0 radical (unpaired) electrons. The molecule has 0 spiro atoms. The van der Waals surface area contributed by atoms with E-state index in [0.717, 1.165) is 0 Å². The summed E-state index contributed by atoms with van der Waals surface area (Å²) in [6.45, 7) is 5.74. The number of carbonyl (C=O) groups is 1. The molecule has 16 heavy (non-hydrogen) atoms. The summed E-state index contributed by atoms with van der Waals surface area (Å²) in [6, 6.07) is 0. The predicted octanol–water partition coefficient (Wildman–Crippen LogP) is 0.609. The highest BCUT2D eigenvalue weighted by Gasteiger charge is 2.11. The monoisotopic (exact) mass is 242 g/mol. The topological polar surface area (TPSA) is 83.0 Å². The van der Waals surface area contributed by atoms with Gasteiger partial charge in [-0.25, -0.2) is 4.79 Å². The van der Waals surface area contributed by atoms with Crippen LogP contribution < -0.4 is 5.73 Å². The summed E-state index contributed by atoms with van der Waals surface area (Å²) in [6.07, 6.45) is 0. The van der Waals surface area contributed by atoms with Crippen LogP contribution in [0.15, 0.2) is 17.3 Å². The van der Waals surface area contributed by atoms with Gasteiger partial charge in [-0.15, -0.1) is 10.2 Å². The molecule has 6 nitrogen and oxygen atoms in total. The molecule has 0 saturated heterocycles. The van der Waals surface area contributed by atoms with E-state index in [1.165, 1.54) is 11.8 Å². The van der Waals surface area contributed by atoms with Gasteiger partial charge in [0.1, 0.15) is 0 Å². The molecule has 7 heteroatoms. The van der Waals surface area contributed by atoms with Gasteiger partial charge < -0.3 is 10.5 Å². The fraction of sp³-hybridized carbons (Fsp3) is 0.444. The van der Waals surface area contributed by atoms with Gasteiger partial charge in [-0.1, -0.05) is 18.3 Å². The van der Waals surface area contributed by atoms with Gasteiger partial charge >= 0.3 is 5.97 Å². The van der Waals surface area contributed by atoms with Crippen molar-refractivity contribution in [2.24, 2.45) is 7.05 Å². The van der Waals surface area contributed by atoms with Gasteiger partial charge in [0.15, 0.2) is 5.16 Å². The molecule has 0 aromatic carbocycles. The second-order valence-corrected chi connectivity index (χ2v) is 3.95. The van der Waals surface area contributed by atoms with E-state index < -0.39 is 0 Å². The SMILES string of the molecule is C=C(CSc1nnc(N)n1C)C(=O)OCC. The van der Waals surface area contributed by atoms with Crippen LogP contribution in [0.1, 0.15) is 6.92 Å². The zero-order valence-corrected chi connectivity index (χ0v) is 10.1. The lowest BCUT2D eigenvalue weighted by molar-refractivity contribution is -0.138. The third kappa shape index (κ3) is 2.99. The van der Waals surface area contributed by atoms with Crippen molar-refractivity contribution < 1.29 is 9.53 Å². The first kappa shape index (κ1) is 12.6. The minimum atomic E-state index is -0.384. The lowest BCUT2D eigenvalue weighted by atomic mass is 10.4. The summed E-state index contributed by atoms with van der Waals surface area (Å²) in [5.41, 5.74) is 5.91. The number of thioether (sulfide) groups is 1. The van der Waals surface area contributed by atoms with Crippen molar-refractivity contribution in [3.8, 4) is 0 Å². The van der Waals surface area contributed by atoms with Crippen LogP contribution in [0.4, 0.5) is 5.95 Å². The van der Waals surface area contributed by atoms with Gasteiger partial charge in [-0.3, -0.25) is 4.57 Å². The molecular formula is C9H14N4O2S. The summed E-state index contributed by atoms with van der Waals surface area (Å²) in [7, 11) is 1.75. The van der Waals surface area contributed by atoms with Crippen molar-refractivity contribution >= 4 is 23.7 Å². The van der Waals surface area contributed by atoms with E-state index in [9.17, 15) is 4.79 Å². The number of nitrogens with zero attached hydrogens (tertiary/aromatic N) is 3. The summed E-state index contributed by atoms with van der Waals surface area (Å²) in [5, 5.41) is 8.19. The summed E-state index contributed by atoms with van der Waals surface area (Å²) < 4.78 is 6.45. The highest BCUT2D eigenvalue weighted by atomic mass is 32.2. The van der Waals surface area contributed by atoms with Gasteiger partial charge in [-0.05, 0) is 6.92 Å². The predicted molar refractivity (Wildman–Crippen MR) is 61.9 cm³/mol. The first-order valence-electron chi connectivity index (χ1n) is 4.68. The third-order valence-corrected chi connectivity index (χ3v) is 2.91. The molecule has 0 aliphatic carbocycles. The molecule has 0 fully saturated rings. The van der Waals surface area contributed by atoms with Gasteiger partial charge in [-0.2, -0.15) is 0 Å². The molecule has 0 bridgehead atoms. The van der Waals surface area contributed by atoms with E-state index >= 15 is 0 Å². The number of nitrogen functional groups attached to an aromatic ring is 1. The Morgan fingerprint density at radius 3 is 2.81 bits per heavy atom. The number of esters is 1. The Balaban J connectivity index is 2.49. The molecule has 1 heterocycles. The Morgan fingerprint density at radius 2 is 2.31 bits per heavy atom. The van der Waals surface area contributed by atoms with Gasteiger partial charge in [0, 0.05) is 18.4 Å². The van der Waals surface area contributed by atoms with Crippen molar-refractivity contribution in [2.75, 3.05) is 18.1 Å². The molecule has 1 aromatic heterocycles. The number of aromatic nitrogens is 3. The lowest BCUT2D eigenvalue weighted by Gasteiger charge is -2.04. The molecule has 88 valence electrons. The quantitative estimate of drug-likeness (QED) is 0.462. The number of rotatable bonds is 5. The van der Waals surface area contributed by atoms with E-state index in [1.807, 2.05) is 0 Å². The number of carbonyl (C=O) groups excluding carboxylic acids is 1. The van der Waals surface area contributed by atoms with Gasteiger partial charge in [0.05, 0.1) is 6.61 Å². The molecule has 2 N–H and O–H groups in total.